The summed E-state index contributed by atoms with van der Waals surface area (Å²) in [5, 5.41) is 3.41. The lowest BCUT2D eigenvalue weighted by molar-refractivity contribution is 0.304. The van der Waals surface area contributed by atoms with Gasteiger partial charge in [0.05, 0.1) is 6.61 Å². The number of hydrogen-bond donors (Lipinski definition) is 1. The highest BCUT2D eigenvalue weighted by molar-refractivity contribution is 9.10. The zero-order chi connectivity index (χ0) is 13.5. The van der Waals surface area contributed by atoms with Crippen LogP contribution in [0.2, 0.25) is 0 Å². The van der Waals surface area contributed by atoms with Gasteiger partial charge in [0.1, 0.15) is 5.75 Å². The van der Waals surface area contributed by atoms with Crippen molar-refractivity contribution >= 4 is 15.9 Å². The Kier molecular flexibility index (Phi) is 6.72. The van der Waals surface area contributed by atoms with Crippen LogP contribution in [0.1, 0.15) is 37.8 Å². The third kappa shape index (κ3) is 5.40. The molecule has 0 amide bonds. The van der Waals surface area contributed by atoms with Crippen LogP contribution in [-0.2, 0) is 0 Å². The van der Waals surface area contributed by atoms with E-state index in [1.54, 1.807) is 0 Å². The Labute approximate surface area is 119 Å². The van der Waals surface area contributed by atoms with Crippen molar-refractivity contribution in [3.05, 3.63) is 27.7 Å². The van der Waals surface area contributed by atoms with E-state index in [0.717, 1.165) is 31.7 Å². The van der Waals surface area contributed by atoms with Gasteiger partial charge in [-0.2, -0.15) is 0 Å². The van der Waals surface area contributed by atoms with Gasteiger partial charge in [-0.05, 0) is 56.5 Å². The lowest BCUT2D eigenvalue weighted by Gasteiger charge is -2.11. The van der Waals surface area contributed by atoms with Gasteiger partial charge in [-0.25, -0.2) is 0 Å². The third-order valence-electron chi connectivity index (χ3n) is 2.80. The first-order valence-corrected chi connectivity index (χ1v) is 7.43. The van der Waals surface area contributed by atoms with Crippen molar-refractivity contribution in [3.8, 4) is 5.75 Å². The number of nitrogens with one attached hydrogen (secondary N) is 1. The van der Waals surface area contributed by atoms with Gasteiger partial charge in [-0.3, -0.25) is 0 Å². The molecule has 0 radical (unpaired) electrons. The zero-order valence-corrected chi connectivity index (χ0v) is 13.4. The molecule has 1 rings (SSSR count). The second kappa shape index (κ2) is 7.80. The average molecular weight is 314 g/mol. The van der Waals surface area contributed by atoms with Crippen LogP contribution < -0.4 is 10.1 Å². The van der Waals surface area contributed by atoms with Crippen molar-refractivity contribution in [2.24, 2.45) is 0 Å². The molecule has 0 bridgehead atoms. The number of benzene rings is 1. The van der Waals surface area contributed by atoms with Crippen molar-refractivity contribution in [1.82, 2.24) is 5.32 Å². The van der Waals surface area contributed by atoms with Gasteiger partial charge in [0.2, 0.25) is 0 Å². The van der Waals surface area contributed by atoms with Crippen molar-refractivity contribution in [2.45, 2.75) is 46.6 Å². The van der Waals surface area contributed by atoms with Crippen LogP contribution in [0.4, 0.5) is 0 Å². The molecule has 0 aromatic heterocycles. The van der Waals surface area contributed by atoms with E-state index in [1.807, 2.05) is 0 Å². The summed E-state index contributed by atoms with van der Waals surface area (Å²) in [6.07, 6.45) is 2.25. The molecule has 0 saturated heterocycles. The Morgan fingerprint density at radius 2 is 1.78 bits per heavy atom. The van der Waals surface area contributed by atoms with Crippen molar-refractivity contribution in [3.63, 3.8) is 0 Å². The summed E-state index contributed by atoms with van der Waals surface area (Å²) >= 11 is 3.57. The molecule has 0 atom stereocenters. The molecule has 0 fully saturated rings. The van der Waals surface area contributed by atoms with Gasteiger partial charge in [-0.15, -0.1) is 0 Å². The Hall–Kier alpha value is -0.540. The molecule has 3 heteroatoms. The fourth-order valence-electron chi connectivity index (χ4n) is 1.80. The van der Waals surface area contributed by atoms with Crippen LogP contribution in [-0.4, -0.2) is 19.2 Å². The maximum atomic E-state index is 5.78. The molecule has 1 N–H and O–H groups in total. The Bertz CT molecular complexity index is 354. The van der Waals surface area contributed by atoms with Gasteiger partial charge in [0.25, 0.3) is 0 Å². The first-order valence-electron chi connectivity index (χ1n) is 6.63. The Balaban J connectivity index is 2.27. The minimum atomic E-state index is 0.572. The van der Waals surface area contributed by atoms with Crippen LogP contribution in [0.15, 0.2) is 16.6 Å². The molecule has 1 aromatic rings. The molecule has 1 aromatic carbocycles. The van der Waals surface area contributed by atoms with Crippen molar-refractivity contribution < 1.29 is 4.74 Å². The molecule has 2 nitrogen and oxygen atoms in total. The average Bonchev–Trinajstić information content (AvgIpc) is 2.30. The van der Waals surface area contributed by atoms with Crippen molar-refractivity contribution in [1.29, 1.82) is 0 Å². The minimum absolute atomic E-state index is 0.572. The second-order valence-corrected chi connectivity index (χ2v) is 5.83. The molecular weight excluding hydrogens is 290 g/mol. The monoisotopic (exact) mass is 313 g/mol. The highest BCUT2D eigenvalue weighted by Crippen LogP contribution is 2.26. The first-order chi connectivity index (χ1) is 8.50. The van der Waals surface area contributed by atoms with Crippen LogP contribution in [0.25, 0.3) is 0 Å². The van der Waals surface area contributed by atoms with E-state index in [2.05, 4.69) is 61.1 Å². The molecular formula is C15H24BrNO. The SMILES string of the molecule is Cc1cc(OCCCCNC(C)C)cc(C)c1Br. The number of halogens is 1. The fraction of sp³-hybridized carbons (Fsp3) is 0.600. The van der Waals surface area contributed by atoms with E-state index >= 15 is 0 Å². The molecule has 18 heavy (non-hydrogen) atoms. The van der Waals surface area contributed by atoms with Crippen LogP contribution in [0, 0.1) is 13.8 Å². The molecule has 0 unspecified atom stereocenters. The molecule has 0 saturated carbocycles. The Morgan fingerprint density at radius 1 is 1.17 bits per heavy atom. The standard InChI is InChI=1S/C15H24BrNO/c1-11(2)17-7-5-6-8-18-14-9-12(3)15(16)13(4)10-14/h9-11,17H,5-8H2,1-4H3. The molecule has 102 valence electrons. The van der Waals surface area contributed by atoms with Crippen LogP contribution >= 0.6 is 15.9 Å². The van der Waals surface area contributed by atoms with Crippen LogP contribution in [0.5, 0.6) is 5.75 Å². The number of rotatable bonds is 7. The highest BCUT2D eigenvalue weighted by Gasteiger charge is 2.03. The summed E-state index contributed by atoms with van der Waals surface area (Å²) < 4.78 is 6.96. The van der Waals surface area contributed by atoms with E-state index < -0.39 is 0 Å². The van der Waals surface area contributed by atoms with E-state index in [0.29, 0.717) is 6.04 Å². The predicted molar refractivity (Wildman–Crippen MR) is 81.5 cm³/mol. The lowest BCUT2D eigenvalue weighted by Crippen LogP contribution is -2.23. The number of ether oxygens (including phenoxy) is 1. The van der Waals surface area contributed by atoms with Gasteiger partial charge < -0.3 is 10.1 Å². The highest BCUT2D eigenvalue weighted by atomic mass is 79.9. The van der Waals surface area contributed by atoms with E-state index in [9.17, 15) is 0 Å². The maximum Gasteiger partial charge on any atom is 0.119 e. The fourth-order valence-corrected chi connectivity index (χ4v) is 2.03. The molecule has 0 aliphatic heterocycles. The second-order valence-electron chi connectivity index (χ2n) is 5.04. The van der Waals surface area contributed by atoms with Crippen molar-refractivity contribution in [2.75, 3.05) is 13.2 Å². The van der Waals surface area contributed by atoms with Gasteiger partial charge in [-0.1, -0.05) is 29.8 Å². The van der Waals surface area contributed by atoms with Gasteiger partial charge in [0, 0.05) is 10.5 Å². The zero-order valence-electron chi connectivity index (χ0n) is 11.8. The topological polar surface area (TPSA) is 21.3 Å². The van der Waals surface area contributed by atoms with Crippen LogP contribution in [0.3, 0.4) is 0 Å². The van der Waals surface area contributed by atoms with E-state index in [1.165, 1.54) is 15.6 Å². The Morgan fingerprint density at radius 3 is 2.33 bits per heavy atom. The third-order valence-corrected chi connectivity index (χ3v) is 4.05. The van der Waals surface area contributed by atoms with Gasteiger partial charge in [0.15, 0.2) is 0 Å². The summed E-state index contributed by atoms with van der Waals surface area (Å²) in [6.45, 7) is 10.4. The summed E-state index contributed by atoms with van der Waals surface area (Å²) in [5.41, 5.74) is 2.46. The van der Waals surface area contributed by atoms with E-state index in [-0.39, 0.29) is 0 Å². The van der Waals surface area contributed by atoms with Gasteiger partial charge >= 0.3 is 0 Å². The normalized spacial score (nSPS) is 11.0. The number of hydrogen-bond acceptors (Lipinski definition) is 2. The maximum absolute atomic E-state index is 5.78. The first kappa shape index (κ1) is 15.5. The molecule has 0 aliphatic carbocycles. The molecule has 0 heterocycles. The molecule has 0 spiro atoms. The predicted octanol–water partition coefficient (Wildman–Crippen LogP) is 4.22. The molecule has 0 aliphatic rings. The number of aryl methyl sites for hydroxylation is 2. The lowest BCUT2D eigenvalue weighted by atomic mass is 10.1. The largest absolute Gasteiger partial charge is 0.494 e. The van der Waals surface area contributed by atoms with E-state index in [4.69, 9.17) is 4.74 Å². The quantitative estimate of drug-likeness (QED) is 0.761. The summed E-state index contributed by atoms with van der Waals surface area (Å²) in [7, 11) is 0. The summed E-state index contributed by atoms with van der Waals surface area (Å²) in [4.78, 5) is 0. The minimum Gasteiger partial charge on any atom is -0.494 e. The smallest absolute Gasteiger partial charge is 0.119 e. The summed E-state index contributed by atoms with van der Waals surface area (Å²) in [5.74, 6) is 0.977. The number of unbranched alkanes of at least 4 members (excludes halogenated alkanes) is 1. The summed E-state index contributed by atoms with van der Waals surface area (Å²) in [6, 6.07) is 4.75.